The molecular formula is C36H52N2O22S2. The number of alkyl carbamates (subject to hydrolysis) is 2. The number of hydrogen-bond acceptors (Lipinski definition) is 24. The van der Waals surface area contributed by atoms with Crippen LogP contribution >= 0.6 is 21.6 Å². The average molecular weight is 929 g/mol. The zero-order chi connectivity index (χ0) is 46.8. The van der Waals surface area contributed by atoms with Crippen molar-refractivity contribution in [1.82, 2.24) is 10.6 Å². The molecular weight excluding hydrogens is 877 g/mol. The Bertz CT molecular complexity index is 1630. The van der Waals surface area contributed by atoms with Gasteiger partial charge >= 0.3 is 59.9 Å². The van der Waals surface area contributed by atoms with E-state index in [1.165, 1.54) is 13.8 Å². The molecule has 0 aromatic carbocycles. The van der Waals surface area contributed by atoms with E-state index in [0.29, 0.717) is 0 Å². The van der Waals surface area contributed by atoms with Crippen LogP contribution in [0.15, 0.2) is 0 Å². The fourth-order valence-electron chi connectivity index (χ4n) is 5.85. The lowest BCUT2D eigenvalue weighted by Gasteiger charge is -2.43. The summed E-state index contributed by atoms with van der Waals surface area (Å²) in [5, 5.41) is 4.66. The van der Waals surface area contributed by atoms with Crippen molar-refractivity contribution < 1.29 is 105 Å². The third-order valence-corrected chi connectivity index (χ3v) is 11.1. The zero-order valence-electron chi connectivity index (χ0n) is 35.6. The molecule has 0 aromatic rings. The molecule has 0 saturated carbocycles. The maximum Gasteiger partial charge on any atom is 0.407 e. The van der Waals surface area contributed by atoms with Gasteiger partial charge in [-0.05, 0) is 0 Å². The van der Waals surface area contributed by atoms with E-state index in [2.05, 4.69) is 10.6 Å². The number of carbonyl (C=O) groups excluding carboxylic acids is 10. The SMILES string of the molecule is COC(=O)C(CSSCC(NC(=O)OCC1OC(OC(C)=O)C(OC(C)=O)C(OC(C)=O)C1OC(C)=O)C(=O)OC)NC(=O)OCC1OC(OC(C)=O)C(C)C(C)C1OC(C)=O. The van der Waals surface area contributed by atoms with E-state index in [4.69, 9.17) is 56.8 Å². The Balaban J connectivity index is 2.08. The summed E-state index contributed by atoms with van der Waals surface area (Å²) in [7, 11) is 4.07. The van der Waals surface area contributed by atoms with Crippen LogP contribution in [0.25, 0.3) is 0 Å². The summed E-state index contributed by atoms with van der Waals surface area (Å²) in [5.41, 5.74) is 0. The lowest BCUT2D eigenvalue weighted by molar-refractivity contribution is -0.299. The van der Waals surface area contributed by atoms with Crippen molar-refractivity contribution >= 4 is 81.5 Å². The van der Waals surface area contributed by atoms with E-state index in [0.717, 1.165) is 63.5 Å². The maximum absolute atomic E-state index is 13.0. The highest BCUT2D eigenvalue weighted by molar-refractivity contribution is 8.76. The van der Waals surface area contributed by atoms with Crippen LogP contribution in [0, 0.1) is 11.8 Å². The highest BCUT2D eigenvalue weighted by Crippen LogP contribution is 2.34. The first kappa shape index (κ1) is 53.1. The topological polar surface area (TPSA) is 306 Å². The van der Waals surface area contributed by atoms with Gasteiger partial charge in [0.05, 0.1) is 14.2 Å². The van der Waals surface area contributed by atoms with E-state index in [9.17, 15) is 47.9 Å². The van der Waals surface area contributed by atoms with Crippen LogP contribution < -0.4 is 10.6 Å². The Morgan fingerprint density at radius 3 is 1.26 bits per heavy atom. The van der Waals surface area contributed by atoms with Crippen molar-refractivity contribution in [3.05, 3.63) is 0 Å². The van der Waals surface area contributed by atoms with Gasteiger partial charge in [-0.3, -0.25) is 28.8 Å². The lowest BCUT2D eigenvalue weighted by atomic mass is 9.84. The second-order valence-electron chi connectivity index (χ2n) is 13.5. The molecule has 2 saturated heterocycles. The van der Waals surface area contributed by atoms with Crippen molar-refractivity contribution in [2.75, 3.05) is 38.9 Å². The van der Waals surface area contributed by atoms with Gasteiger partial charge < -0.3 is 67.5 Å². The molecule has 12 atom stereocenters. The van der Waals surface area contributed by atoms with Crippen LogP contribution in [-0.2, 0) is 95.2 Å². The number of nitrogens with one attached hydrogen (secondary N) is 2. The summed E-state index contributed by atoms with van der Waals surface area (Å²) in [6.07, 6.45) is -13.2. The molecule has 350 valence electrons. The molecule has 2 fully saturated rings. The molecule has 62 heavy (non-hydrogen) atoms. The molecule has 24 nitrogen and oxygen atoms in total. The van der Waals surface area contributed by atoms with Crippen LogP contribution in [0.2, 0.25) is 0 Å². The van der Waals surface area contributed by atoms with E-state index >= 15 is 0 Å². The lowest BCUT2D eigenvalue weighted by Crippen LogP contribution is -2.63. The molecule has 0 bridgehead atoms. The maximum atomic E-state index is 13.0. The smallest absolute Gasteiger partial charge is 0.407 e. The first-order valence-corrected chi connectivity index (χ1v) is 21.2. The van der Waals surface area contributed by atoms with Gasteiger partial charge in [0.2, 0.25) is 18.7 Å². The van der Waals surface area contributed by atoms with Gasteiger partial charge in [0.1, 0.15) is 43.6 Å². The molecule has 26 heteroatoms. The summed E-state index contributed by atoms with van der Waals surface area (Å²) in [6.45, 7) is 8.71. The average Bonchev–Trinajstić information content (AvgIpc) is 3.17. The van der Waals surface area contributed by atoms with Crippen LogP contribution in [0.4, 0.5) is 9.59 Å². The number of rotatable bonds is 19. The molecule has 2 amide bonds. The van der Waals surface area contributed by atoms with Crippen LogP contribution in [0.3, 0.4) is 0 Å². The Morgan fingerprint density at radius 2 is 0.839 bits per heavy atom. The highest BCUT2D eigenvalue weighted by atomic mass is 33.1. The second-order valence-corrected chi connectivity index (χ2v) is 16.1. The number of ether oxygens (including phenoxy) is 12. The molecule has 2 heterocycles. The first-order valence-electron chi connectivity index (χ1n) is 18.7. The molecule has 0 aromatic heterocycles. The fourth-order valence-corrected chi connectivity index (χ4v) is 8.15. The number of hydrogen-bond donors (Lipinski definition) is 2. The number of esters is 8. The predicted molar refractivity (Wildman–Crippen MR) is 207 cm³/mol. The van der Waals surface area contributed by atoms with Crippen molar-refractivity contribution in [2.45, 2.75) is 117 Å². The van der Waals surface area contributed by atoms with Gasteiger partial charge in [-0.25, -0.2) is 19.2 Å². The van der Waals surface area contributed by atoms with Crippen molar-refractivity contribution in [2.24, 2.45) is 11.8 Å². The summed E-state index contributed by atoms with van der Waals surface area (Å²) in [6, 6.07) is -2.66. The summed E-state index contributed by atoms with van der Waals surface area (Å²) >= 11 is 0. The number of carbonyl (C=O) groups is 10. The summed E-state index contributed by atoms with van der Waals surface area (Å²) in [4.78, 5) is 122. The van der Waals surface area contributed by atoms with Crippen LogP contribution in [-0.4, -0.2) is 160 Å². The van der Waals surface area contributed by atoms with Crippen LogP contribution in [0.1, 0.15) is 55.4 Å². The molecule has 2 aliphatic rings. The van der Waals surface area contributed by atoms with E-state index in [1.807, 2.05) is 0 Å². The summed E-state index contributed by atoms with van der Waals surface area (Å²) < 4.78 is 63.2. The standard InChI is InChI=1S/C36H52N2O22S2/c1-15-16(2)33(57-21(7)43)59-25(27(15)53-17(3)39)11-51-35(47)37-23(31(45)49-9)13-61-62-14-24(32(46)50-10)38-36(48)52-12-26-28(54-18(4)40)29(55-19(5)41)30(56-20(6)42)34(60-26)58-22(8)44/h15-16,23-30,33-34H,11-14H2,1-10H3,(H,37,47)(H,38,48). The first-order chi connectivity index (χ1) is 29.1. The van der Waals surface area contributed by atoms with Gasteiger partial charge in [0.25, 0.3) is 0 Å². The van der Waals surface area contributed by atoms with Gasteiger partial charge in [-0.15, -0.1) is 0 Å². The fraction of sp³-hybridized carbons (Fsp3) is 0.722. The Kier molecular flexibility index (Phi) is 22.0. The highest BCUT2D eigenvalue weighted by Gasteiger charge is 2.54. The molecule has 12 unspecified atom stereocenters. The van der Waals surface area contributed by atoms with Crippen molar-refractivity contribution in [3.8, 4) is 0 Å². The minimum absolute atomic E-state index is 0.151. The number of amides is 2. The molecule has 0 aliphatic carbocycles. The quantitative estimate of drug-likeness (QED) is 0.0770. The Hall–Kier alpha value is -5.08. The largest absolute Gasteiger partial charge is 0.467 e. The molecule has 2 rings (SSSR count). The van der Waals surface area contributed by atoms with Crippen LogP contribution in [0.5, 0.6) is 0 Å². The summed E-state index contributed by atoms with van der Waals surface area (Å²) in [5.74, 6) is -7.73. The molecule has 2 N–H and O–H groups in total. The minimum Gasteiger partial charge on any atom is -0.467 e. The Morgan fingerprint density at radius 1 is 0.484 bits per heavy atom. The van der Waals surface area contributed by atoms with Gasteiger partial charge in [-0.1, -0.05) is 35.4 Å². The predicted octanol–water partition coefficient (Wildman–Crippen LogP) is 0.478. The van der Waals surface area contributed by atoms with E-state index < -0.39 is 134 Å². The molecule has 2 aliphatic heterocycles. The monoisotopic (exact) mass is 928 g/mol. The second kappa shape index (κ2) is 25.8. The molecule has 0 spiro atoms. The van der Waals surface area contributed by atoms with E-state index in [1.54, 1.807) is 13.8 Å². The molecule has 0 radical (unpaired) electrons. The Labute approximate surface area is 363 Å². The van der Waals surface area contributed by atoms with Gasteiger partial charge in [-0.2, -0.15) is 0 Å². The third-order valence-electron chi connectivity index (χ3n) is 8.68. The zero-order valence-corrected chi connectivity index (χ0v) is 37.2. The number of methoxy groups -OCH3 is 2. The van der Waals surface area contributed by atoms with E-state index in [-0.39, 0.29) is 23.3 Å². The van der Waals surface area contributed by atoms with Gasteiger partial charge in [0, 0.05) is 64.9 Å². The van der Waals surface area contributed by atoms with Gasteiger partial charge in [0.15, 0.2) is 12.2 Å². The van der Waals surface area contributed by atoms with Crippen molar-refractivity contribution in [3.63, 3.8) is 0 Å². The minimum atomic E-state index is -1.72. The third kappa shape index (κ3) is 17.4. The van der Waals surface area contributed by atoms with Crippen molar-refractivity contribution in [1.29, 1.82) is 0 Å². The normalized spacial score (nSPS) is 26.4.